The summed E-state index contributed by atoms with van der Waals surface area (Å²) in [5, 5.41) is 10.2. The third-order valence-electron chi connectivity index (χ3n) is 4.31. The van der Waals surface area contributed by atoms with Crippen LogP contribution in [0.5, 0.6) is 0 Å². The second kappa shape index (κ2) is 5.01. The van der Waals surface area contributed by atoms with Gasteiger partial charge in [-0.15, -0.1) is 0 Å². The molecular formula is C18H19N3. The summed E-state index contributed by atoms with van der Waals surface area (Å²) in [4.78, 5) is 0. The number of nitrogens with one attached hydrogen (secondary N) is 1. The van der Waals surface area contributed by atoms with Gasteiger partial charge in [0, 0.05) is 24.7 Å². The molecule has 0 aromatic heterocycles. The molecule has 2 aromatic carbocycles. The maximum Gasteiger partial charge on any atom is 0.0979 e. The van der Waals surface area contributed by atoms with Gasteiger partial charge in [-0.2, -0.15) is 5.10 Å². The molecule has 0 saturated heterocycles. The van der Waals surface area contributed by atoms with Gasteiger partial charge in [-0.25, -0.2) is 0 Å². The van der Waals surface area contributed by atoms with Crippen LogP contribution < -0.4 is 5.32 Å². The Morgan fingerprint density at radius 3 is 2.90 bits per heavy atom. The lowest BCUT2D eigenvalue weighted by Gasteiger charge is -2.25. The zero-order valence-corrected chi connectivity index (χ0v) is 12.3. The number of fused-ring (bicyclic) bond motifs is 2. The number of nitrogens with zero attached hydrogens (tertiary/aromatic N) is 2. The number of benzene rings is 2. The average molecular weight is 277 g/mol. The van der Waals surface area contributed by atoms with Gasteiger partial charge in [0.05, 0.1) is 12.3 Å². The molecule has 2 aliphatic rings. The van der Waals surface area contributed by atoms with Crippen molar-refractivity contribution in [1.82, 2.24) is 10.3 Å². The number of hydrogen-bond donors (Lipinski definition) is 1. The number of hydrazone groups is 1. The van der Waals surface area contributed by atoms with E-state index in [0.717, 1.165) is 31.8 Å². The molecule has 4 rings (SSSR count). The van der Waals surface area contributed by atoms with E-state index >= 15 is 0 Å². The van der Waals surface area contributed by atoms with E-state index < -0.39 is 0 Å². The fourth-order valence-electron chi connectivity index (χ4n) is 3.23. The first-order valence-electron chi connectivity index (χ1n) is 7.52. The Hall–Kier alpha value is -2.13. The Bertz CT molecular complexity index is 718. The maximum absolute atomic E-state index is 4.78. The lowest BCUT2D eigenvalue weighted by Crippen LogP contribution is -2.25. The molecule has 1 N–H and O–H groups in total. The zero-order valence-electron chi connectivity index (χ0n) is 12.3. The van der Waals surface area contributed by atoms with Gasteiger partial charge in [-0.1, -0.05) is 36.4 Å². The van der Waals surface area contributed by atoms with Gasteiger partial charge in [0.15, 0.2) is 0 Å². The third kappa shape index (κ3) is 2.24. The van der Waals surface area contributed by atoms with Crippen LogP contribution in [0.4, 0.5) is 0 Å². The molecule has 0 bridgehead atoms. The molecule has 21 heavy (non-hydrogen) atoms. The molecule has 0 aliphatic carbocycles. The highest BCUT2D eigenvalue weighted by atomic mass is 15.4. The Kier molecular flexibility index (Phi) is 3.00. The fraction of sp³-hybridized carbons (Fsp3) is 0.278. The standard InChI is InChI=1S/C18H19N3/c1-21-12-16-4-2-3-5-17(16)18(20-21)14-6-7-15-11-19-9-8-13(15)10-14/h2-7,10,19H,8-9,11-12H2,1H3. The second-order valence-electron chi connectivity index (χ2n) is 5.83. The van der Waals surface area contributed by atoms with Crippen LogP contribution in [0.2, 0.25) is 0 Å². The first-order chi connectivity index (χ1) is 10.3. The highest BCUT2D eigenvalue weighted by Gasteiger charge is 2.19. The van der Waals surface area contributed by atoms with Gasteiger partial charge in [0.1, 0.15) is 0 Å². The third-order valence-corrected chi connectivity index (χ3v) is 4.31. The van der Waals surface area contributed by atoms with Crippen molar-refractivity contribution in [2.24, 2.45) is 5.10 Å². The first-order valence-corrected chi connectivity index (χ1v) is 7.52. The highest BCUT2D eigenvalue weighted by molar-refractivity contribution is 6.14. The Labute approximate surface area is 125 Å². The number of hydrogen-bond acceptors (Lipinski definition) is 3. The Morgan fingerprint density at radius 2 is 1.95 bits per heavy atom. The predicted molar refractivity (Wildman–Crippen MR) is 85.4 cm³/mol. The topological polar surface area (TPSA) is 27.6 Å². The summed E-state index contributed by atoms with van der Waals surface area (Å²) in [6.07, 6.45) is 1.11. The predicted octanol–water partition coefficient (Wildman–Crippen LogP) is 2.53. The SMILES string of the molecule is CN1Cc2ccccc2C(c2ccc3c(c2)CCNC3)=N1. The van der Waals surface area contributed by atoms with Crippen LogP contribution in [0.1, 0.15) is 27.8 Å². The molecule has 3 heteroatoms. The van der Waals surface area contributed by atoms with E-state index in [2.05, 4.69) is 47.8 Å². The van der Waals surface area contributed by atoms with Crippen molar-refractivity contribution in [3.63, 3.8) is 0 Å². The molecule has 0 spiro atoms. The molecule has 2 aromatic rings. The molecule has 3 nitrogen and oxygen atoms in total. The normalized spacial score (nSPS) is 17.0. The van der Waals surface area contributed by atoms with E-state index in [1.165, 1.54) is 27.8 Å². The van der Waals surface area contributed by atoms with Crippen LogP contribution in [0, 0.1) is 0 Å². The van der Waals surface area contributed by atoms with E-state index in [0.29, 0.717) is 0 Å². The molecule has 0 unspecified atom stereocenters. The zero-order chi connectivity index (χ0) is 14.2. The summed E-state index contributed by atoms with van der Waals surface area (Å²) in [7, 11) is 2.04. The first kappa shape index (κ1) is 12.6. The summed E-state index contributed by atoms with van der Waals surface area (Å²) >= 11 is 0. The molecule has 0 fully saturated rings. The monoisotopic (exact) mass is 277 g/mol. The molecular weight excluding hydrogens is 258 g/mol. The van der Waals surface area contributed by atoms with Crippen LogP contribution in [0.25, 0.3) is 0 Å². The van der Waals surface area contributed by atoms with Crippen molar-refractivity contribution >= 4 is 5.71 Å². The minimum Gasteiger partial charge on any atom is -0.312 e. The van der Waals surface area contributed by atoms with Crippen LogP contribution in [-0.4, -0.2) is 24.3 Å². The van der Waals surface area contributed by atoms with E-state index in [1.807, 2.05) is 12.1 Å². The lowest BCUT2D eigenvalue weighted by molar-refractivity contribution is 0.341. The Morgan fingerprint density at radius 1 is 1.05 bits per heavy atom. The molecule has 2 heterocycles. The van der Waals surface area contributed by atoms with E-state index in [1.54, 1.807) is 0 Å². The van der Waals surface area contributed by atoms with Crippen molar-refractivity contribution in [2.45, 2.75) is 19.5 Å². The molecule has 0 saturated carbocycles. The molecule has 106 valence electrons. The highest BCUT2D eigenvalue weighted by Crippen LogP contribution is 2.24. The van der Waals surface area contributed by atoms with Crippen molar-refractivity contribution < 1.29 is 0 Å². The minimum absolute atomic E-state index is 0.883. The van der Waals surface area contributed by atoms with Gasteiger partial charge in [0.25, 0.3) is 0 Å². The molecule has 0 atom stereocenters. The van der Waals surface area contributed by atoms with Crippen LogP contribution in [0.15, 0.2) is 47.6 Å². The van der Waals surface area contributed by atoms with E-state index in [-0.39, 0.29) is 0 Å². The van der Waals surface area contributed by atoms with Crippen LogP contribution in [0.3, 0.4) is 0 Å². The maximum atomic E-state index is 4.78. The largest absolute Gasteiger partial charge is 0.312 e. The van der Waals surface area contributed by atoms with E-state index in [4.69, 9.17) is 5.10 Å². The number of rotatable bonds is 1. The summed E-state index contributed by atoms with van der Waals surface area (Å²) in [6, 6.07) is 15.4. The fourth-order valence-corrected chi connectivity index (χ4v) is 3.23. The summed E-state index contributed by atoms with van der Waals surface area (Å²) in [6.45, 7) is 2.94. The second-order valence-corrected chi connectivity index (χ2v) is 5.83. The lowest BCUT2D eigenvalue weighted by atomic mass is 9.92. The average Bonchev–Trinajstić information content (AvgIpc) is 2.53. The van der Waals surface area contributed by atoms with Crippen molar-refractivity contribution in [1.29, 1.82) is 0 Å². The Balaban J connectivity index is 1.82. The van der Waals surface area contributed by atoms with Crippen molar-refractivity contribution in [2.75, 3.05) is 13.6 Å². The molecule has 0 radical (unpaired) electrons. The van der Waals surface area contributed by atoms with Gasteiger partial charge in [-0.3, -0.25) is 5.01 Å². The van der Waals surface area contributed by atoms with Crippen molar-refractivity contribution in [3.8, 4) is 0 Å². The van der Waals surface area contributed by atoms with Crippen molar-refractivity contribution in [3.05, 3.63) is 70.3 Å². The summed E-state index contributed by atoms with van der Waals surface area (Å²) < 4.78 is 0. The minimum atomic E-state index is 0.883. The quantitative estimate of drug-likeness (QED) is 0.867. The van der Waals surface area contributed by atoms with Gasteiger partial charge < -0.3 is 5.32 Å². The summed E-state index contributed by atoms with van der Waals surface area (Å²) in [5.74, 6) is 0. The van der Waals surface area contributed by atoms with Crippen LogP contribution in [-0.2, 0) is 19.5 Å². The van der Waals surface area contributed by atoms with Gasteiger partial charge in [-0.05, 0) is 35.7 Å². The van der Waals surface area contributed by atoms with Gasteiger partial charge in [0.2, 0.25) is 0 Å². The van der Waals surface area contributed by atoms with E-state index in [9.17, 15) is 0 Å². The van der Waals surface area contributed by atoms with Crippen LogP contribution >= 0.6 is 0 Å². The summed E-state index contributed by atoms with van der Waals surface area (Å²) in [5.41, 5.74) is 7.83. The smallest absolute Gasteiger partial charge is 0.0979 e. The molecule has 0 amide bonds. The molecule has 2 aliphatic heterocycles. The van der Waals surface area contributed by atoms with Gasteiger partial charge >= 0.3 is 0 Å².